The number of primary amides is 1. The highest BCUT2D eigenvalue weighted by atomic mass is 19.4. The van der Waals surface area contributed by atoms with E-state index in [1.807, 2.05) is 0 Å². The molecule has 0 aromatic rings. The van der Waals surface area contributed by atoms with Crippen LogP contribution in [0.5, 0.6) is 0 Å². The highest BCUT2D eigenvalue weighted by Crippen LogP contribution is 2.11. The number of aliphatic carboxylic acids is 1. The molecule has 7 nitrogen and oxygen atoms in total. The summed E-state index contributed by atoms with van der Waals surface area (Å²) in [5, 5.41) is 11.9. The third-order valence-electron chi connectivity index (χ3n) is 1.73. The van der Waals surface area contributed by atoms with E-state index in [0.29, 0.717) is 0 Å². The molecule has 0 aliphatic heterocycles. The van der Waals surface area contributed by atoms with Crippen LogP contribution in [0.3, 0.4) is 0 Å². The molecule has 0 saturated carbocycles. The fourth-order valence-corrected chi connectivity index (χ4v) is 0.934. The zero-order valence-electron chi connectivity index (χ0n) is 9.08. The highest BCUT2D eigenvalue weighted by molar-refractivity contribution is 5.83. The first-order valence-corrected chi connectivity index (χ1v) is 4.74. The van der Waals surface area contributed by atoms with Crippen LogP contribution in [0.4, 0.5) is 18.0 Å². The fourth-order valence-electron chi connectivity index (χ4n) is 0.934. The van der Waals surface area contributed by atoms with Crippen molar-refractivity contribution >= 4 is 17.9 Å². The molecular formula is C8H12F3N3O4. The van der Waals surface area contributed by atoms with Crippen molar-refractivity contribution in [3.05, 3.63) is 0 Å². The standard InChI is InChI=1S/C8H12F3N3O4/c9-8(10,11)3-13-7(18)14-4(6(16)17)1-2-5(12)15/h4H,1-3H2,(H2,12,15)(H,16,17)(H2,13,14,18). The van der Waals surface area contributed by atoms with Crippen molar-refractivity contribution in [3.63, 3.8) is 0 Å². The van der Waals surface area contributed by atoms with Gasteiger partial charge in [-0.25, -0.2) is 9.59 Å². The number of alkyl halides is 3. The van der Waals surface area contributed by atoms with E-state index < -0.39 is 36.7 Å². The molecule has 0 saturated heterocycles. The summed E-state index contributed by atoms with van der Waals surface area (Å²) in [4.78, 5) is 32.0. The molecule has 0 aliphatic carbocycles. The van der Waals surface area contributed by atoms with E-state index in [0.717, 1.165) is 0 Å². The van der Waals surface area contributed by atoms with Crippen molar-refractivity contribution in [2.75, 3.05) is 6.54 Å². The second kappa shape index (κ2) is 6.67. The molecule has 18 heavy (non-hydrogen) atoms. The van der Waals surface area contributed by atoms with Crippen LogP contribution in [-0.4, -0.2) is 41.8 Å². The van der Waals surface area contributed by atoms with Gasteiger partial charge in [0, 0.05) is 6.42 Å². The third-order valence-corrected chi connectivity index (χ3v) is 1.73. The quantitative estimate of drug-likeness (QED) is 0.523. The monoisotopic (exact) mass is 271 g/mol. The molecule has 0 aliphatic rings. The number of amides is 3. The Labute approximate surface area is 99.5 Å². The molecule has 0 rings (SSSR count). The van der Waals surface area contributed by atoms with Gasteiger partial charge in [-0.3, -0.25) is 4.79 Å². The summed E-state index contributed by atoms with van der Waals surface area (Å²) in [6, 6.07) is -2.77. The van der Waals surface area contributed by atoms with Gasteiger partial charge in [-0.1, -0.05) is 0 Å². The Morgan fingerprint density at radius 3 is 2.22 bits per heavy atom. The average Bonchev–Trinajstić information content (AvgIpc) is 2.19. The molecular weight excluding hydrogens is 259 g/mol. The van der Waals surface area contributed by atoms with Crippen LogP contribution in [0.1, 0.15) is 12.8 Å². The number of hydrogen-bond acceptors (Lipinski definition) is 3. The maximum Gasteiger partial charge on any atom is 0.405 e. The second-order valence-electron chi connectivity index (χ2n) is 3.34. The highest BCUT2D eigenvalue weighted by Gasteiger charge is 2.28. The number of carboxylic acid groups (broad SMARTS) is 1. The molecule has 104 valence electrons. The van der Waals surface area contributed by atoms with E-state index >= 15 is 0 Å². The zero-order chi connectivity index (χ0) is 14.3. The van der Waals surface area contributed by atoms with Gasteiger partial charge in [-0.15, -0.1) is 0 Å². The Morgan fingerprint density at radius 1 is 1.28 bits per heavy atom. The molecule has 3 amide bonds. The van der Waals surface area contributed by atoms with E-state index in [-0.39, 0.29) is 12.8 Å². The number of urea groups is 1. The summed E-state index contributed by atoms with van der Waals surface area (Å²) in [7, 11) is 0. The second-order valence-corrected chi connectivity index (χ2v) is 3.34. The van der Waals surface area contributed by atoms with Gasteiger partial charge in [0.25, 0.3) is 0 Å². The maximum atomic E-state index is 11.7. The Balaban J connectivity index is 4.20. The summed E-state index contributed by atoms with van der Waals surface area (Å²) in [6.07, 6.45) is -5.20. The van der Waals surface area contributed by atoms with Crippen LogP contribution in [0.2, 0.25) is 0 Å². The molecule has 10 heteroatoms. The Hall–Kier alpha value is -2.00. The SMILES string of the molecule is NC(=O)CCC(NC(=O)NCC(F)(F)F)C(=O)O. The van der Waals surface area contributed by atoms with Crippen LogP contribution < -0.4 is 16.4 Å². The molecule has 0 radical (unpaired) electrons. The molecule has 5 N–H and O–H groups in total. The van der Waals surface area contributed by atoms with Crippen molar-refractivity contribution in [2.24, 2.45) is 5.73 Å². The minimum absolute atomic E-state index is 0.301. The normalized spacial score (nSPS) is 12.6. The summed E-state index contributed by atoms with van der Waals surface area (Å²) in [5.74, 6) is -2.25. The average molecular weight is 271 g/mol. The van der Waals surface area contributed by atoms with Crippen molar-refractivity contribution in [1.29, 1.82) is 0 Å². The van der Waals surface area contributed by atoms with Crippen LogP contribution in [0.15, 0.2) is 0 Å². The minimum Gasteiger partial charge on any atom is -0.480 e. The van der Waals surface area contributed by atoms with Gasteiger partial charge in [-0.05, 0) is 6.42 Å². The fraction of sp³-hybridized carbons (Fsp3) is 0.625. The largest absolute Gasteiger partial charge is 0.480 e. The van der Waals surface area contributed by atoms with Gasteiger partial charge in [-0.2, -0.15) is 13.2 Å². The Kier molecular flexibility index (Phi) is 5.93. The molecule has 0 heterocycles. The predicted molar refractivity (Wildman–Crippen MR) is 52.4 cm³/mol. The maximum absolute atomic E-state index is 11.7. The number of nitrogens with one attached hydrogen (secondary N) is 2. The summed E-state index contributed by atoms with van der Waals surface area (Å²) in [5.41, 5.74) is 4.78. The molecule has 0 fully saturated rings. The van der Waals surface area contributed by atoms with Gasteiger partial charge in [0.05, 0.1) is 0 Å². The molecule has 0 bridgehead atoms. The lowest BCUT2D eigenvalue weighted by molar-refractivity contribution is -0.139. The van der Waals surface area contributed by atoms with Gasteiger partial charge in [0.1, 0.15) is 12.6 Å². The predicted octanol–water partition coefficient (Wildman–Crippen LogP) is -0.433. The molecule has 1 unspecified atom stereocenters. The van der Waals surface area contributed by atoms with Crippen LogP contribution >= 0.6 is 0 Å². The van der Waals surface area contributed by atoms with Crippen molar-refractivity contribution < 1.29 is 32.7 Å². The Bertz CT molecular complexity index is 332. The lowest BCUT2D eigenvalue weighted by atomic mass is 10.1. The molecule has 0 spiro atoms. The van der Waals surface area contributed by atoms with Gasteiger partial charge in [0.15, 0.2) is 0 Å². The van der Waals surface area contributed by atoms with E-state index in [4.69, 9.17) is 10.8 Å². The van der Waals surface area contributed by atoms with Gasteiger partial charge < -0.3 is 21.5 Å². The van der Waals surface area contributed by atoms with E-state index in [2.05, 4.69) is 0 Å². The van der Waals surface area contributed by atoms with E-state index in [9.17, 15) is 27.6 Å². The minimum atomic E-state index is -4.59. The topological polar surface area (TPSA) is 122 Å². The first-order chi connectivity index (χ1) is 8.11. The van der Waals surface area contributed by atoms with Crippen molar-refractivity contribution in [3.8, 4) is 0 Å². The number of rotatable bonds is 6. The van der Waals surface area contributed by atoms with Crippen LogP contribution in [-0.2, 0) is 9.59 Å². The Morgan fingerprint density at radius 2 is 1.83 bits per heavy atom. The number of nitrogens with two attached hydrogens (primary N) is 1. The van der Waals surface area contributed by atoms with E-state index in [1.165, 1.54) is 5.32 Å². The summed E-state index contributed by atoms with van der Waals surface area (Å²) < 4.78 is 35.2. The number of halogens is 3. The smallest absolute Gasteiger partial charge is 0.405 e. The number of hydrogen-bond donors (Lipinski definition) is 4. The van der Waals surface area contributed by atoms with Gasteiger partial charge in [0.2, 0.25) is 5.91 Å². The van der Waals surface area contributed by atoms with Crippen LogP contribution in [0.25, 0.3) is 0 Å². The summed E-state index contributed by atoms with van der Waals surface area (Å²) >= 11 is 0. The zero-order valence-corrected chi connectivity index (χ0v) is 9.08. The van der Waals surface area contributed by atoms with Crippen molar-refractivity contribution in [2.45, 2.75) is 25.1 Å². The van der Waals surface area contributed by atoms with Crippen molar-refractivity contribution in [1.82, 2.24) is 10.6 Å². The number of carboxylic acids is 1. The van der Waals surface area contributed by atoms with Gasteiger partial charge >= 0.3 is 18.2 Å². The van der Waals surface area contributed by atoms with Crippen LogP contribution in [0, 0.1) is 0 Å². The number of carbonyl (C=O) groups is 3. The first kappa shape index (κ1) is 16.0. The van der Waals surface area contributed by atoms with E-state index in [1.54, 1.807) is 5.32 Å². The molecule has 1 atom stereocenters. The molecule has 0 aromatic heterocycles. The summed E-state index contributed by atoms with van der Waals surface area (Å²) in [6.45, 7) is -1.58. The lowest BCUT2D eigenvalue weighted by Gasteiger charge is -2.15. The lowest BCUT2D eigenvalue weighted by Crippen LogP contribution is -2.48. The number of carbonyl (C=O) groups excluding carboxylic acids is 2. The molecule has 0 aromatic carbocycles. The first-order valence-electron chi connectivity index (χ1n) is 4.74. The third kappa shape index (κ3) is 8.19.